The monoisotopic (exact) mass is 258 g/mol. The molecule has 0 aliphatic heterocycles. The number of carbonyl (C=O) groups excluding carboxylic acids is 1. The fourth-order valence-corrected chi connectivity index (χ4v) is 3.29. The number of hydrogen-bond donors (Lipinski definition) is 0. The quantitative estimate of drug-likeness (QED) is 0.701. The van der Waals surface area contributed by atoms with E-state index < -0.39 is 0 Å². The lowest BCUT2D eigenvalue weighted by atomic mass is 9.74. The van der Waals surface area contributed by atoms with Gasteiger partial charge in [-0.25, -0.2) is 0 Å². The molecule has 0 atom stereocenters. The van der Waals surface area contributed by atoms with Crippen LogP contribution in [0, 0.1) is 31.6 Å². The van der Waals surface area contributed by atoms with E-state index in [9.17, 15) is 4.79 Å². The van der Waals surface area contributed by atoms with Crippen molar-refractivity contribution in [1.29, 1.82) is 0 Å². The van der Waals surface area contributed by atoms with Crippen LogP contribution in [0.15, 0.2) is 18.2 Å². The molecular weight excluding hydrogens is 232 g/mol. The standard InChI is InChI=1S/C18H26O/c1-12(2)15-8-10-16(11-9-15)18(19)17-7-5-6-13(3)14(17)4/h5-7,12,15-16H,8-11H2,1-4H3. The van der Waals surface area contributed by atoms with Gasteiger partial charge in [0, 0.05) is 11.5 Å². The van der Waals surface area contributed by atoms with Gasteiger partial charge >= 0.3 is 0 Å². The summed E-state index contributed by atoms with van der Waals surface area (Å²) in [5.74, 6) is 2.22. The molecule has 0 heterocycles. The molecule has 0 amide bonds. The van der Waals surface area contributed by atoms with Gasteiger partial charge in [0.25, 0.3) is 0 Å². The lowest BCUT2D eigenvalue weighted by Crippen LogP contribution is -2.24. The molecular formula is C18H26O. The van der Waals surface area contributed by atoms with E-state index >= 15 is 0 Å². The Bertz CT molecular complexity index is 451. The Balaban J connectivity index is 2.07. The summed E-state index contributed by atoms with van der Waals surface area (Å²) in [6.45, 7) is 8.76. The zero-order valence-corrected chi connectivity index (χ0v) is 12.7. The molecule has 1 aliphatic carbocycles. The minimum absolute atomic E-state index is 0.260. The maximum absolute atomic E-state index is 12.6. The van der Waals surface area contributed by atoms with E-state index in [0.717, 1.165) is 30.2 Å². The summed E-state index contributed by atoms with van der Waals surface area (Å²) in [4.78, 5) is 12.6. The van der Waals surface area contributed by atoms with Gasteiger partial charge in [-0.15, -0.1) is 0 Å². The first-order valence-corrected chi connectivity index (χ1v) is 7.61. The Kier molecular flexibility index (Phi) is 4.44. The zero-order valence-electron chi connectivity index (χ0n) is 12.7. The molecule has 1 aromatic rings. The van der Waals surface area contributed by atoms with Gasteiger partial charge < -0.3 is 0 Å². The third kappa shape index (κ3) is 3.08. The van der Waals surface area contributed by atoms with Crippen molar-refractivity contribution in [3.63, 3.8) is 0 Å². The second kappa shape index (κ2) is 5.90. The molecule has 0 bridgehead atoms. The second-order valence-corrected chi connectivity index (χ2v) is 6.47. The first-order chi connectivity index (χ1) is 9.00. The van der Waals surface area contributed by atoms with Gasteiger partial charge in [-0.3, -0.25) is 4.79 Å². The smallest absolute Gasteiger partial charge is 0.166 e. The first kappa shape index (κ1) is 14.3. The molecule has 0 spiro atoms. The highest BCUT2D eigenvalue weighted by Crippen LogP contribution is 2.35. The van der Waals surface area contributed by atoms with Gasteiger partial charge in [-0.2, -0.15) is 0 Å². The highest BCUT2D eigenvalue weighted by Gasteiger charge is 2.28. The molecule has 0 aromatic heterocycles. The fraction of sp³-hybridized carbons (Fsp3) is 0.611. The van der Waals surface area contributed by atoms with Crippen LogP contribution in [0.4, 0.5) is 0 Å². The van der Waals surface area contributed by atoms with E-state index in [4.69, 9.17) is 0 Å². The number of rotatable bonds is 3. The van der Waals surface area contributed by atoms with E-state index in [2.05, 4.69) is 33.8 Å². The SMILES string of the molecule is Cc1cccc(C(=O)C2CCC(C(C)C)CC2)c1C. The van der Waals surface area contributed by atoms with Crippen LogP contribution in [0.5, 0.6) is 0 Å². The molecule has 104 valence electrons. The number of Topliss-reactive ketones (excluding diaryl/α,β-unsaturated/α-hetero) is 1. The summed E-state index contributed by atoms with van der Waals surface area (Å²) in [5, 5.41) is 0. The average Bonchev–Trinajstić information content (AvgIpc) is 2.41. The topological polar surface area (TPSA) is 17.1 Å². The van der Waals surface area contributed by atoms with Gasteiger partial charge in [0.1, 0.15) is 0 Å². The van der Waals surface area contributed by atoms with Crippen LogP contribution in [-0.4, -0.2) is 5.78 Å². The Labute approximate surface area is 117 Å². The Morgan fingerprint density at radius 3 is 2.32 bits per heavy atom. The van der Waals surface area contributed by atoms with Crippen molar-refractivity contribution >= 4 is 5.78 Å². The van der Waals surface area contributed by atoms with Crippen molar-refractivity contribution in [3.05, 3.63) is 34.9 Å². The van der Waals surface area contributed by atoms with Crippen LogP contribution >= 0.6 is 0 Å². The molecule has 0 radical (unpaired) electrons. The Morgan fingerprint density at radius 2 is 1.74 bits per heavy atom. The molecule has 1 aromatic carbocycles. The fourth-order valence-electron chi connectivity index (χ4n) is 3.29. The summed E-state index contributed by atoms with van der Waals surface area (Å²) in [7, 11) is 0. The molecule has 1 heteroatoms. The molecule has 1 nitrogen and oxygen atoms in total. The third-order valence-electron chi connectivity index (χ3n) is 4.96. The summed E-state index contributed by atoms with van der Waals surface area (Å²) in [6, 6.07) is 6.09. The molecule has 2 rings (SSSR count). The second-order valence-electron chi connectivity index (χ2n) is 6.47. The Morgan fingerprint density at radius 1 is 1.11 bits per heavy atom. The predicted molar refractivity (Wildman–Crippen MR) is 80.5 cm³/mol. The van der Waals surface area contributed by atoms with Crippen LogP contribution in [-0.2, 0) is 0 Å². The van der Waals surface area contributed by atoms with Crippen molar-refractivity contribution in [2.75, 3.05) is 0 Å². The highest BCUT2D eigenvalue weighted by molar-refractivity contribution is 5.99. The highest BCUT2D eigenvalue weighted by atomic mass is 16.1. The van der Waals surface area contributed by atoms with Crippen LogP contribution in [0.3, 0.4) is 0 Å². The molecule has 1 saturated carbocycles. The van der Waals surface area contributed by atoms with Crippen molar-refractivity contribution in [3.8, 4) is 0 Å². The van der Waals surface area contributed by atoms with Crippen molar-refractivity contribution in [2.24, 2.45) is 17.8 Å². The number of aryl methyl sites for hydroxylation is 1. The van der Waals surface area contributed by atoms with Gasteiger partial charge in [0.2, 0.25) is 0 Å². The van der Waals surface area contributed by atoms with E-state index in [1.807, 2.05) is 12.1 Å². The van der Waals surface area contributed by atoms with Crippen LogP contribution in [0.25, 0.3) is 0 Å². The average molecular weight is 258 g/mol. The summed E-state index contributed by atoms with van der Waals surface area (Å²) in [5.41, 5.74) is 3.34. The molecule has 19 heavy (non-hydrogen) atoms. The minimum Gasteiger partial charge on any atom is -0.294 e. The van der Waals surface area contributed by atoms with Crippen molar-refractivity contribution in [1.82, 2.24) is 0 Å². The van der Waals surface area contributed by atoms with E-state index in [1.54, 1.807) is 0 Å². The maximum atomic E-state index is 12.6. The van der Waals surface area contributed by atoms with Crippen molar-refractivity contribution < 1.29 is 4.79 Å². The molecule has 0 unspecified atom stereocenters. The number of hydrogen-bond acceptors (Lipinski definition) is 1. The van der Waals surface area contributed by atoms with Gasteiger partial charge in [-0.05, 0) is 62.5 Å². The number of carbonyl (C=O) groups is 1. The molecule has 1 aliphatic rings. The maximum Gasteiger partial charge on any atom is 0.166 e. The van der Waals surface area contributed by atoms with Crippen molar-refractivity contribution in [2.45, 2.75) is 53.4 Å². The summed E-state index contributed by atoms with van der Waals surface area (Å²) in [6.07, 6.45) is 4.60. The summed E-state index contributed by atoms with van der Waals surface area (Å²) >= 11 is 0. The molecule has 0 saturated heterocycles. The summed E-state index contributed by atoms with van der Waals surface area (Å²) < 4.78 is 0. The minimum atomic E-state index is 0.260. The first-order valence-electron chi connectivity index (χ1n) is 7.61. The van der Waals surface area contributed by atoms with Gasteiger partial charge in [-0.1, -0.05) is 32.0 Å². The zero-order chi connectivity index (χ0) is 14.0. The number of ketones is 1. The normalized spacial score (nSPS) is 23.6. The lowest BCUT2D eigenvalue weighted by molar-refractivity contribution is 0.0858. The van der Waals surface area contributed by atoms with E-state index in [1.165, 1.54) is 24.0 Å². The third-order valence-corrected chi connectivity index (χ3v) is 4.96. The van der Waals surface area contributed by atoms with E-state index in [-0.39, 0.29) is 5.92 Å². The van der Waals surface area contributed by atoms with Crippen LogP contribution < -0.4 is 0 Å². The molecule has 1 fully saturated rings. The lowest BCUT2D eigenvalue weighted by Gasteiger charge is -2.30. The van der Waals surface area contributed by atoms with E-state index in [0.29, 0.717) is 5.78 Å². The number of benzene rings is 1. The Hall–Kier alpha value is -1.11. The predicted octanol–water partition coefficient (Wildman–Crippen LogP) is 4.95. The van der Waals surface area contributed by atoms with Crippen LogP contribution in [0.2, 0.25) is 0 Å². The largest absolute Gasteiger partial charge is 0.294 e. The van der Waals surface area contributed by atoms with Gasteiger partial charge in [0.15, 0.2) is 5.78 Å². The van der Waals surface area contributed by atoms with Gasteiger partial charge in [0.05, 0.1) is 0 Å². The van der Waals surface area contributed by atoms with Crippen LogP contribution in [0.1, 0.15) is 61.0 Å². The molecule has 0 N–H and O–H groups in total.